The first-order chi connectivity index (χ1) is 8.69. The molecule has 2 N–H and O–H groups in total. The highest BCUT2D eigenvalue weighted by Gasteiger charge is 2.11. The molecule has 0 radical (unpaired) electrons. The van der Waals surface area contributed by atoms with Crippen LogP contribution in [0.1, 0.15) is 12.5 Å². The number of nitrogens with two attached hydrogens (primary N) is 1. The van der Waals surface area contributed by atoms with Crippen LogP contribution in [0.5, 0.6) is 0 Å². The van der Waals surface area contributed by atoms with Gasteiger partial charge >= 0.3 is 0 Å². The number of benzene rings is 1. The molecule has 0 spiro atoms. The molecule has 1 aromatic rings. The second-order valence-electron chi connectivity index (χ2n) is 3.32. The standard InChI is InChI=1S/C13H14N2OS2/c1-2-17-11(8-14)13(18-9-12(15)16)10-6-4-3-5-7-10/h3-7H,2,9H2,1H3,(H2,15,16)/b13-11+. The number of hydrogen-bond donors (Lipinski definition) is 1. The van der Waals surface area contributed by atoms with Crippen molar-refractivity contribution in [3.63, 3.8) is 0 Å². The van der Waals surface area contributed by atoms with Crippen molar-refractivity contribution in [3.05, 3.63) is 40.8 Å². The number of carbonyl (C=O) groups is 1. The van der Waals surface area contributed by atoms with Crippen molar-refractivity contribution in [2.45, 2.75) is 6.92 Å². The molecule has 0 heterocycles. The summed E-state index contributed by atoms with van der Waals surface area (Å²) < 4.78 is 0. The summed E-state index contributed by atoms with van der Waals surface area (Å²) in [6.07, 6.45) is 0. The van der Waals surface area contributed by atoms with Gasteiger partial charge in [-0.3, -0.25) is 4.79 Å². The van der Waals surface area contributed by atoms with Gasteiger partial charge in [0.2, 0.25) is 5.91 Å². The SMILES string of the molecule is CCS/C(C#N)=C(/SCC(N)=O)c1ccccc1. The highest BCUT2D eigenvalue weighted by molar-refractivity contribution is 8.11. The van der Waals surface area contributed by atoms with Gasteiger partial charge < -0.3 is 5.73 Å². The zero-order chi connectivity index (χ0) is 13.4. The largest absolute Gasteiger partial charge is 0.369 e. The summed E-state index contributed by atoms with van der Waals surface area (Å²) in [4.78, 5) is 12.4. The van der Waals surface area contributed by atoms with Crippen LogP contribution in [0.25, 0.3) is 4.91 Å². The van der Waals surface area contributed by atoms with E-state index < -0.39 is 0 Å². The summed E-state index contributed by atoms with van der Waals surface area (Å²) >= 11 is 2.79. The molecule has 0 aromatic heterocycles. The highest BCUT2D eigenvalue weighted by Crippen LogP contribution is 2.35. The van der Waals surface area contributed by atoms with Crippen LogP contribution in [0.15, 0.2) is 35.2 Å². The molecule has 94 valence electrons. The van der Waals surface area contributed by atoms with Crippen LogP contribution in [0, 0.1) is 11.3 Å². The van der Waals surface area contributed by atoms with Crippen LogP contribution in [0.3, 0.4) is 0 Å². The lowest BCUT2D eigenvalue weighted by atomic mass is 10.2. The molecular formula is C13H14N2OS2. The summed E-state index contributed by atoms with van der Waals surface area (Å²) in [5.41, 5.74) is 6.11. The van der Waals surface area contributed by atoms with E-state index in [0.717, 1.165) is 16.2 Å². The highest BCUT2D eigenvalue weighted by atomic mass is 32.2. The predicted molar refractivity (Wildman–Crippen MR) is 78.8 cm³/mol. The number of rotatable bonds is 6. The Labute approximate surface area is 115 Å². The number of amides is 1. The van der Waals surface area contributed by atoms with E-state index in [1.807, 2.05) is 37.3 Å². The molecule has 0 aliphatic rings. The van der Waals surface area contributed by atoms with Gasteiger partial charge in [0.1, 0.15) is 6.07 Å². The molecule has 1 amide bonds. The number of hydrogen-bond acceptors (Lipinski definition) is 4. The third-order valence-electron chi connectivity index (χ3n) is 1.99. The van der Waals surface area contributed by atoms with E-state index in [4.69, 9.17) is 5.73 Å². The number of nitrogens with zero attached hydrogens (tertiary/aromatic N) is 1. The van der Waals surface area contributed by atoms with Gasteiger partial charge in [0.25, 0.3) is 0 Å². The second-order valence-corrected chi connectivity index (χ2v) is 5.58. The number of nitriles is 1. The Morgan fingerprint density at radius 1 is 1.33 bits per heavy atom. The van der Waals surface area contributed by atoms with E-state index in [2.05, 4.69) is 6.07 Å². The minimum absolute atomic E-state index is 0.180. The molecule has 3 nitrogen and oxygen atoms in total. The zero-order valence-electron chi connectivity index (χ0n) is 10.1. The maximum absolute atomic E-state index is 10.9. The molecule has 0 aliphatic carbocycles. The topological polar surface area (TPSA) is 66.9 Å². The Morgan fingerprint density at radius 2 is 2.00 bits per heavy atom. The van der Waals surface area contributed by atoms with Crippen LogP contribution in [0.4, 0.5) is 0 Å². The summed E-state index contributed by atoms with van der Waals surface area (Å²) in [6, 6.07) is 11.8. The fraction of sp³-hybridized carbons (Fsp3) is 0.231. The van der Waals surface area contributed by atoms with Crippen LogP contribution in [-0.4, -0.2) is 17.4 Å². The van der Waals surface area contributed by atoms with Crippen molar-refractivity contribution in [3.8, 4) is 6.07 Å². The van der Waals surface area contributed by atoms with Gasteiger partial charge in [-0.15, -0.1) is 23.5 Å². The summed E-state index contributed by atoms with van der Waals surface area (Å²) in [5, 5.41) is 9.20. The minimum atomic E-state index is -0.382. The average Bonchev–Trinajstić information content (AvgIpc) is 2.38. The van der Waals surface area contributed by atoms with Crippen molar-refractivity contribution in [2.24, 2.45) is 5.73 Å². The second kappa shape index (κ2) is 7.85. The first-order valence-corrected chi connectivity index (χ1v) is 7.39. The number of primary amides is 1. The lowest BCUT2D eigenvalue weighted by Crippen LogP contribution is -2.13. The fourth-order valence-corrected chi connectivity index (χ4v) is 3.03. The molecule has 5 heteroatoms. The molecule has 0 saturated carbocycles. The van der Waals surface area contributed by atoms with Gasteiger partial charge in [-0.05, 0) is 11.3 Å². The molecule has 0 unspecified atom stereocenters. The van der Waals surface area contributed by atoms with Crippen LogP contribution >= 0.6 is 23.5 Å². The number of thioether (sulfide) groups is 2. The van der Waals surface area contributed by atoms with Crippen LogP contribution in [-0.2, 0) is 4.79 Å². The monoisotopic (exact) mass is 278 g/mol. The van der Waals surface area contributed by atoms with Crippen molar-refractivity contribution in [2.75, 3.05) is 11.5 Å². The average molecular weight is 278 g/mol. The third-order valence-corrected chi connectivity index (χ3v) is 4.15. The van der Waals surface area contributed by atoms with Gasteiger partial charge in [0.05, 0.1) is 10.7 Å². The third kappa shape index (κ3) is 4.47. The van der Waals surface area contributed by atoms with E-state index in [1.54, 1.807) is 0 Å². The first kappa shape index (κ1) is 14.7. The van der Waals surface area contributed by atoms with Crippen LogP contribution in [0.2, 0.25) is 0 Å². The lowest BCUT2D eigenvalue weighted by Gasteiger charge is -2.08. The Kier molecular flexibility index (Phi) is 6.40. The number of carbonyl (C=O) groups excluding carboxylic acids is 1. The smallest absolute Gasteiger partial charge is 0.227 e. The van der Waals surface area contributed by atoms with E-state index in [1.165, 1.54) is 23.5 Å². The molecule has 0 atom stereocenters. The Balaban J connectivity index is 3.09. The molecule has 0 saturated heterocycles. The molecule has 0 fully saturated rings. The van der Waals surface area contributed by atoms with E-state index in [0.29, 0.717) is 4.91 Å². The van der Waals surface area contributed by atoms with Crippen molar-refractivity contribution < 1.29 is 4.79 Å². The van der Waals surface area contributed by atoms with Crippen molar-refractivity contribution in [1.29, 1.82) is 5.26 Å². The summed E-state index contributed by atoms with van der Waals surface area (Å²) in [7, 11) is 0. The van der Waals surface area contributed by atoms with Gasteiger partial charge in [-0.2, -0.15) is 5.26 Å². The molecule has 18 heavy (non-hydrogen) atoms. The molecular weight excluding hydrogens is 264 g/mol. The Bertz CT molecular complexity index is 478. The van der Waals surface area contributed by atoms with Gasteiger partial charge in [0, 0.05) is 4.91 Å². The van der Waals surface area contributed by atoms with Gasteiger partial charge in [-0.25, -0.2) is 0 Å². The maximum Gasteiger partial charge on any atom is 0.227 e. The normalized spacial score (nSPS) is 11.6. The van der Waals surface area contributed by atoms with E-state index in [-0.39, 0.29) is 11.7 Å². The lowest BCUT2D eigenvalue weighted by molar-refractivity contribution is -0.115. The molecule has 1 aromatic carbocycles. The van der Waals surface area contributed by atoms with Crippen molar-refractivity contribution in [1.82, 2.24) is 0 Å². The van der Waals surface area contributed by atoms with Gasteiger partial charge in [-0.1, -0.05) is 37.3 Å². The maximum atomic E-state index is 10.9. The molecule has 0 bridgehead atoms. The van der Waals surface area contributed by atoms with E-state index in [9.17, 15) is 10.1 Å². The minimum Gasteiger partial charge on any atom is -0.369 e. The predicted octanol–water partition coefficient (Wildman–Crippen LogP) is 2.85. The Hall–Kier alpha value is -1.38. The first-order valence-electron chi connectivity index (χ1n) is 5.42. The summed E-state index contributed by atoms with van der Waals surface area (Å²) in [6.45, 7) is 1.99. The van der Waals surface area contributed by atoms with Gasteiger partial charge in [0.15, 0.2) is 0 Å². The van der Waals surface area contributed by atoms with E-state index >= 15 is 0 Å². The molecule has 0 aliphatic heterocycles. The summed E-state index contributed by atoms with van der Waals surface area (Å²) in [5.74, 6) is 0.614. The van der Waals surface area contributed by atoms with Crippen molar-refractivity contribution >= 4 is 34.3 Å². The fourth-order valence-electron chi connectivity index (χ4n) is 1.31. The van der Waals surface area contributed by atoms with Crippen LogP contribution < -0.4 is 5.73 Å². The quantitative estimate of drug-likeness (QED) is 0.812. The number of allylic oxidation sites excluding steroid dienone is 1. The Morgan fingerprint density at radius 3 is 2.50 bits per heavy atom. The molecule has 1 rings (SSSR count). The zero-order valence-corrected chi connectivity index (χ0v) is 11.7.